The number of aryl methyl sites for hydroxylation is 1. The van der Waals surface area contributed by atoms with E-state index in [2.05, 4.69) is 23.6 Å². The third kappa shape index (κ3) is 4.67. The lowest BCUT2D eigenvalue weighted by Gasteiger charge is -2.27. The Labute approximate surface area is 204 Å². The minimum Gasteiger partial charge on any atom is -0.497 e. The number of benzene rings is 3. The van der Waals surface area contributed by atoms with Crippen molar-refractivity contribution in [1.82, 2.24) is 4.57 Å². The first-order valence-corrected chi connectivity index (χ1v) is 11.6. The van der Waals surface area contributed by atoms with Crippen molar-refractivity contribution < 1.29 is 24.2 Å². The summed E-state index contributed by atoms with van der Waals surface area (Å²) in [5, 5.41) is 11.5. The first-order chi connectivity index (χ1) is 16.9. The summed E-state index contributed by atoms with van der Waals surface area (Å²) in [6.45, 7) is 4.81. The summed E-state index contributed by atoms with van der Waals surface area (Å²) in [6.07, 6.45) is -0.244. The number of methoxy groups -OCH3 is 2. The molecule has 7 heteroatoms. The highest BCUT2D eigenvalue weighted by atomic mass is 16.5. The summed E-state index contributed by atoms with van der Waals surface area (Å²) in [4.78, 5) is 26.6. The third-order valence-corrected chi connectivity index (χ3v) is 6.37. The number of para-hydroxylation sites is 1. The van der Waals surface area contributed by atoms with Crippen molar-refractivity contribution in [2.24, 2.45) is 5.92 Å². The second-order valence-electron chi connectivity index (χ2n) is 8.56. The molecular formula is C28H30N2O5. The second kappa shape index (κ2) is 10.1. The minimum absolute atomic E-state index is 0.230. The Morgan fingerprint density at radius 2 is 1.71 bits per heavy atom. The van der Waals surface area contributed by atoms with Crippen LogP contribution in [0.4, 0.5) is 5.69 Å². The lowest BCUT2D eigenvalue weighted by molar-refractivity contribution is -0.140. The molecule has 3 aromatic carbocycles. The van der Waals surface area contributed by atoms with Gasteiger partial charge in [-0.15, -0.1) is 0 Å². The van der Waals surface area contributed by atoms with Crippen LogP contribution in [-0.4, -0.2) is 35.8 Å². The molecule has 0 aliphatic rings. The number of carboxylic acids is 1. The van der Waals surface area contributed by atoms with Gasteiger partial charge in [-0.2, -0.15) is 0 Å². The highest BCUT2D eigenvalue weighted by Crippen LogP contribution is 2.34. The molecule has 7 nitrogen and oxygen atoms in total. The summed E-state index contributed by atoms with van der Waals surface area (Å²) in [5.41, 5.74) is 3.72. The van der Waals surface area contributed by atoms with Crippen molar-refractivity contribution in [3.63, 3.8) is 0 Å². The predicted molar refractivity (Wildman–Crippen MR) is 137 cm³/mol. The molecule has 1 N–H and O–H groups in total. The van der Waals surface area contributed by atoms with Crippen molar-refractivity contribution in [1.29, 1.82) is 0 Å². The van der Waals surface area contributed by atoms with E-state index in [1.807, 2.05) is 42.5 Å². The summed E-state index contributed by atoms with van der Waals surface area (Å²) >= 11 is 0. The van der Waals surface area contributed by atoms with Crippen molar-refractivity contribution in [3.05, 3.63) is 66.2 Å². The molecule has 0 saturated carbocycles. The largest absolute Gasteiger partial charge is 0.497 e. The maximum atomic E-state index is 13.6. The molecular weight excluding hydrogens is 444 g/mol. The quantitative estimate of drug-likeness (QED) is 0.348. The van der Waals surface area contributed by atoms with Gasteiger partial charge in [0.25, 0.3) is 0 Å². The van der Waals surface area contributed by atoms with E-state index in [1.165, 1.54) is 0 Å². The molecule has 4 rings (SSSR count). The van der Waals surface area contributed by atoms with E-state index < -0.39 is 11.9 Å². The highest BCUT2D eigenvalue weighted by Gasteiger charge is 2.26. The van der Waals surface area contributed by atoms with Crippen LogP contribution in [0.1, 0.15) is 25.8 Å². The van der Waals surface area contributed by atoms with Gasteiger partial charge in [0, 0.05) is 51.6 Å². The van der Waals surface area contributed by atoms with Crippen LogP contribution in [0.25, 0.3) is 21.8 Å². The zero-order chi connectivity index (χ0) is 25.1. The van der Waals surface area contributed by atoms with Gasteiger partial charge in [-0.3, -0.25) is 9.59 Å². The first kappa shape index (κ1) is 24.1. The van der Waals surface area contributed by atoms with Gasteiger partial charge >= 0.3 is 5.97 Å². The van der Waals surface area contributed by atoms with Gasteiger partial charge < -0.3 is 24.0 Å². The van der Waals surface area contributed by atoms with E-state index in [4.69, 9.17) is 9.47 Å². The van der Waals surface area contributed by atoms with Crippen molar-refractivity contribution in [3.8, 4) is 11.5 Å². The Kier molecular flexibility index (Phi) is 6.96. The van der Waals surface area contributed by atoms with Crippen molar-refractivity contribution >= 4 is 39.4 Å². The minimum atomic E-state index is -1.01. The van der Waals surface area contributed by atoms with Crippen molar-refractivity contribution in [2.45, 2.75) is 33.4 Å². The zero-order valence-electron chi connectivity index (χ0n) is 20.4. The molecule has 4 aromatic rings. The molecule has 0 spiro atoms. The Balaban J connectivity index is 1.84. The number of carboxylic acid groups (broad SMARTS) is 1. The van der Waals surface area contributed by atoms with E-state index in [-0.39, 0.29) is 18.9 Å². The Morgan fingerprint density at radius 1 is 0.971 bits per heavy atom. The predicted octanol–water partition coefficient (Wildman–Crippen LogP) is 5.48. The number of carbonyl (C=O) groups is 2. The SMILES string of the molecule is CCn1c2ccccc2c2cc(N(Cc3ccc(OC)cc3OC)C(=O)C(C)CC(=O)O)ccc21. The molecule has 1 unspecified atom stereocenters. The fourth-order valence-electron chi connectivity index (χ4n) is 4.61. The van der Waals surface area contributed by atoms with Crippen LogP contribution in [0.2, 0.25) is 0 Å². The van der Waals surface area contributed by atoms with Crippen LogP contribution in [0.5, 0.6) is 11.5 Å². The molecule has 1 heterocycles. The molecule has 0 bridgehead atoms. The zero-order valence-corrected chi connectivity index (χ0v) is 20.4. The van der Waals surface area contributed by atoms with E-state index >= 15 is 0 Å². The van der Waals surface area contributed by atoms with Gasteiger partial charge in [-0.1, -0.05) is 25.1 Å². The van der Waals surface area contributed by atoms with Crippen molar-refractivity contribution in [2.75, 3.05) is 19.1 Å². The molecule has 35 heavy (non-hydrogen) atoms. The lowest BCUT2D eigenvalue weighted by Crippen LogP contribution is -2.35. The van der Waals surface area contributed by atoms with Crippen LogP contribution in [0, 0.1) is 5.92 Å². The third-order valence-electron chi connectivity index (χ3n) is 6.37. The van der Waals surface area contributed by atoms with Gasteiger partial charge in [-0.25, -0.2) is 0 Å². The Morgan fingerprint density at radius 3 is 2.40 bits per heavy atom. The number of hydrogen-bond acceptors (Lipinski definition) is 4. The topological polar surface area (TPSA) is 81.0 Å². The molecule has 1 atom stereocenters. The maximum absolute atomic E-state index is 13.6. The normalized spacial score (nSPS) is 12.0. The van der Waals surface area contributed by atoms with Crippen LogP contribution < -0.4 is 14.4 Å². The highest BCUT2D eigenvalue weighted by molar-refractivity contribution is 6.10. The smallest absolute Gasteiger partial charge is 0.304 e. The summed E-state index contributed by atoms with van der Waals surface area (Å²) in [6, 6.07) is 19.6. The van der Waals surface area contributed by atoms with E-state index in [1.54, 1.807) is 32.1 Å². The van der Waals surface area contributed by atoms with Crippen LogP contribution >= 0.6 is 0 Å². The number of hydrogen-bond donors (Lipinski definition) is 1. The summed E-state index contributed by atoms with van der Waals surface area (Å²) in [7, 11) is 3.16. The van der Waals surface area contributed by atoms with Gasteiger partial charge in [0.1, 0.15) is 11.5 Å². The monoisotopic (exact) mass is 474 g/mol. The van der Waals surface area contributed by atoms with Gasteiger partial charge in [0.05, 0.1) is 27.2 Å². The Hall–Kier alpha value is -4.00. The number of ether oxygens (including phenoxy) is 2. The molecule has 0 radical (unpaired) electrons. The first-order valence-electron chi connectivity index (χ1n) is 11.6. The number of aliphatic carboxylic acids is 1. The number of nitrogens with zero attached hydrogens (tertiary/aromatic N) is 2. The van der Waals surface area contributed by atoms with Gasteiger partial charge in [-0.05, 0) is 43.3 Å². The lowest BCUT2D eigenvalue weighted by atomic mass is 10.0. The maximum Gasteiger partial charge on any atom is 0.304 e. The average molecular weight is 475 g/mol. The second-order valence-corrected chi connectivity index (χ2v) is 8.56. The van der Waals surface area contributed by atoms with Gasteiger partial charge in [0.2, 0.25) is 5.91 Å². The summed E-state index contributed by atoms with van der Waals surface area (Å²) in [5.74, 6) is -0.712. The number of rotatable bonds is 9. The standard InChI is InChI=1S/C28H30N2O5/c1-5-29-24-9-7-6-8-22(24)23-15-20(11-13-25(23)29)30(28(33)18(2)14-27(31)32)17-19-10-12-21(34-3)16-26(19)35-4/h6-13,15-16,18H,5,14,17H2,1-4H3,(H,31,32). The number of fused-ring (bicyclic) bond motifs is 3. The van der Waals surface area contributed by atoms with E-state index in [9.17, 15) is 14.7 Å². The number of anilines is 1. The van der Waals surface area contributed by atoms with E-state index in [0.717, 1.165) is 33.9 Å². The number of amides is 1. The summed E-state index contributed by atoms with van der Waals surface area (Å²) < 4.78 is 13.1. The molecule has 0 aliphatic carbocycles. The molecule has 0 saturated heterocycles. The molecule has 182 valence electrons. The molecule has 1 aromatic heterocycles. The average Bonchev–Trinajstić information content (AvgIpc) is 3.19. The van der Waals surface area contributed by atoms with E-state index in [0.29, 0.717) is 17.2 Å². The number of carbonyl (C=O) groups excluding carboxylic acids is 1. The van der Waals surface area contributed by atoms with Crippen LogP contribution in [0.15, 0.2) is 60.7 Å². The fraction of sp³-hybridized carbons (Fsp3) is 0.286. The van der Waals surface area contributed by atoms with Crippen LogP contribution in [0.3, 0.4) is 0 Å². The Bertz CT molecular complexity index is 1390. The molecule has 0 fully saturated rings. The molecule has 0 aliphatic heterocycles. The van der Waals surface area contributed by atoms with Gasteiger partial charge in [0.15, 0.2) is 0 Å². The fourth-order valence-corrected chi connectivity index (χ4v) is 4.61. The number of aromatic nitrogens is 1. The molecule has 1 amide bonds. The van der Waals surface area contributed by atoms with Crippen LogP contribution in [-0.2, 0) is 22.7 Å².